The molecule has 1 N–H and O–H groups in total. The van der Waals surface area contributed by atoms with Crippen molar-refractivity contribution in [3.05, 3.63) is 12.4 Å². The van der Waals surface area contributed by atoms with Crippen LogP contribution in [-0.2, 0) is 11.3 Å². The van der Waals surface area contributed by atoms with Crippen LogP contribution in [0.1, 0.15) is 26.2 Å². The Morgan fingerprint density at radius 1 is 1.69 bits per heavy atom. The van der Waals surface area contributed by atoms with E-state index in [4.69, 9.17) is 5.11 Å². The quantitative estimate of drug-likeness (QED) is 0.775. The zero-order valence-corrected chi connectivity index (χ0v) is 10.2. The molecule has 0 unspecified atom stereocenters. The first-order chi connectivity index (χ1) is 7.65. The van der Waals surface area contributed by atoms with Crippen LogP contribution in [0.5, 0.6) is 0 Å². The first-order valence-corrected chi connectivity index (χ1v) is 6.49. The van der Waals surface area contributed by atoms with Crippen molar-refractivity contribution in [2.75, 3.05) is 5.75 Å². The van der Waals surface area contributed by atoms with Gasteiger partial charge in [0.25, 0.3) is 0 Å². The summed E-state index contributed by atoms with van der Waals surface area (Å²) in [5.41, 5.74) is 0.0427. The molecular formula is C11H16N2O2S. The van der Waals surface area contributed by atoms with Crippen molar-refractivity contribution < 1.29 is 9.90 Å². The number of carboxylic acids is 1. The van der Waals surface area contributed by atoms with Gasteiger partial charge in [-0.1, -0.05) is 11.8 Å². The first kappa shape index (κ1) is 11.5. The SMILES string of the molecule is CCn1ccnc1SCC1(CC(=O)O)CC1. The summed E-state index contributed by atoms with van der Waals surface area (Å²) in [6, 6.07) is 0. The van der Waals surface area contributed by atoms with Crippen LogP contribution in [0, 0.1) is 5.41 Å². The molecule has 1 fully saturated rings. The van der Waals surface area contributed by atoms with E-state index in [-0.39, 0.29) is 5.41 Å². The highest BCUT2D eigenvalue weighted by Crippen LogP contribution is 2.51. The molecule has 88 valence electrons. The molecule has 4 nitrogen and oxygen atoms in total. The first-order valence-electron chi connectivity index (χ1n) is 5.51. The Labute approximate surface area is 99.1 Å². The van der Waals surface area contributed by atoms with Crippen molar-refractivity contribution in [1.82, 2.24) is 9.55 Å². The number of carbonyl (C=O) groups is 1. The van der Waals surface area contributed by atoms with E-state index in [1.165, 1.54) is 0 Å². The Balaban J connectivity index is 1.90. The Morgan fingerprint density at radius 3 is 3.00 bits per heavy atom. The van der Waals surface area contributed by atoms with Gasteiger partial charge in [0.15, 0.2) is 5.16 Å². The molecule has 0 aliphatic heterocycles. The van der Waals surface area contributed by atoms with E-state index < -0.39 is 5.97 Å². The molecule has 0 aromatic carbocycles. The van der Waals surface area contributed by atoms with Gasteiger partial charge in [0.1, 0.15) is 0 Å². The number of carboxylic acid groups (broad SMARTS) is 1. The van der Waals surface area contributed by atoms with E-state index in [0.29, 0.717) is 6.42 Å². The highest BCUT2D eigenvalue weighted by atomic mass is 32.2. The van der Waals surface area contributed by atoms with Crippen molar-refractivity contribution in [3.63, 3.8) is 0 Å². The predicted molar refractivity (Wildman–Crippen MR) is 62.5 cm³/mol. The lowest BCUT2D eigenvalue weighted by molar-refractivity contribution is -0.138. The van der Waals surface area contributed by atoms with Crippen molar-refractivity contribution in [1.29, 1.82) is 0 Å². The topological polar surface area (TPSA) is 55.1 Å². The third-order valence-corrected chi connectivity index (χ3v) is 4.36. The average molecular weight is 240 g/mol. The molecule has 0 atom stereocenters. The summed E-state index contributed by atoms with van der Waals surface area (Å²) in [6.07, 6.45) is 6.13. The van der Waals surface area contributed by atoms with Crippen LogP contribution in [0.3, 0.4) is 0 Å². The third-order valence-electron chi connectivity index (χ3n) is 3.01. The van der Waals surface area contributed by atoms with E-state index >= 15 is 0 Å². The molecule has 16 heavy (non-hydrogen) atoms. The maximum atomic E-state index is 10.7. The van der Waals surface area contributed by atoms with E-state index in [1.54, 1.807) is 18.0 Å². The summed E-state index contributed by atoms with van der Waals surface area (Å²) in [6.45, 7) is 2.99. The maximum Gasteiger partial charge on any atom is 0.303 e. The minimum atomic E-state index is -0.683. The summed E-state index contributed by atoms with van der Waals surface area (Å²) in [5, 5.41) is 9.82. The molecule has 0 bridgehead atoms. The number of aliphatic carboxylic acids is 1. The molecule has 1 aliphatic carbocycles. The van der Waals surface area contributed by atoms with Gasteiger partial charge in [-0.25, -0.2) is 4.98 Å². The number of aromatic nitrogens is 2. The summed E-state index contributed by atoms with van der Waals surface area (Å²) < 4.78 is 2.08. The van der Waals surface area contributed by atoms with E-state index in [1.807, 2.05) is 6.20 Å². The summed E-state index contributed by atoms with van der Waals surface area (Å²) in [5.74, 6) is 0.188. The molecule has 1 aromatic rings. The second kappa shape index (κ2) is 4.49. The summed E-state index contributed by atoms with van der Waals surface area (Å²) in [7, 11) is 0. The monoisotopic (exact) mass is 240 g/mol. The minimum Gasteiger partial charge on any atom is -0.481 e. The van der Waals surface area contributed by atoms with Crippen LogP contribution in [0.15, 0.2) is 17.6 Å². The molecule has 0 radical (unpaired) electrons. The van der Waals surface area contributed by atoms with Gasteiger partial charge >= 0.3 is 5.97 Å². The number of rotatable bonds is 6. The van der Waals surface area contributed by atoms with Crippen LogP contribution in [0.4, 0.5) is 0 Å². The van der Waals surface area contributed by atoms with Crippen LogP contribution in [-0.4, -0.2) is 26.4 Å². The Bertz CT molecular complexity index is 385. The van der Waals surface area contributed by atoms with Crippen LogP contribution in [0.2, 0.25) is 0 Å². The third kappa shape index (κ3) is 2.58. The van der Waals surface area contributed by atoms with Crippen LogP contribution >= 0.6 is 11.8 Å². The van der Waals surface area contributed by atoms with Gasteiger partial charge in [-0.2, -0.15) is 0 Å². The lowest BCUT2D eigenvalue weighted by Gasteiger charge is -2.11. The van der Waals surface area contributed by atoms with Crippen LogP contribution < -0.4 is 0 Å². The Kier molecular flexibility index (Phi) is 3.23. The minimum absolute atomic E-state index is 0.0427. The number of aryl methyl sites for hydroxylation is 1. The average Bonchev–Trinajstić information content (AvgIpc) is 2.83. The molecule has 1 heterocycles. The number of hydrogen-bond acceptors (Lipinski definition) is 3. The van der Waals surface area contributed by atoms with Gasteiger partial charge in [0.2, 0.25) is 0 Å². The number of nitrogens with zero attached hydrogens (tertiary/aromatic N) is 2. The normalized spacial score (nSPS) is 17.3. The van der Waals surface area contributed by atoms with E-state index in [2.05, 4.69) is 16.5 Å². The molecule has 0 spiro atoms. The molecule has 0 saturated heterocycles. The van der Waals surface area contributed by atoms with Crippen molar-refractivity contribution >= 4 is 17.7 Å². The Morgan fingerprint density at radius 2 is 2.44 bits per heavy atom. The van der Waals surface area contributed by atoms with Crippen molar-refractivity contribution in [2.24, 2.45) is 5.41 Å². The molecule has 2 rings (SSSR count). The molecule has 5 heteroatoms. The molecule has 0 amide bonds. The Hall–Kier alpha value is -0.970. The fourth-order valence-corrected chi connectivity index (χ4v) is 3.08. The van der Waals surface area contributed by atoms with E-state index in [0.717, 1.165) is 30.3 Å². The van der Waals surface area contributed by atoms with Crippen LogP contribution in [0.25, 0.3) is 0 Å². The number of imidazole rings is 1. The lowest BCUT2D eigenvalue weighted by atomic mass is 10.1. The largest absolute Gasteiger partial charge is 0.481 e. The zero-order valence-electron chi connectivity index (χ0n) is 9.35. The molecular weight excluding hydrogens is 224 g/mol. The van der Waals surface area contributed by atoms with Crippen molar-refractivity contribution in [2.45, 2.75) is 37.9 Å². The molecule has 1 saturated carbocycles. The molecule has 1 aromatic heterocycles. The smallest absolute Gasteiger partial charge is 0.303 e. The van der Waals surface area contributed by atoms with Gasteiger partial charge in [-0.15, -0.1) is 0 Å². The highest BCUT2D eigenvalue weighted by Gasteiger charge is 2.44. The second-order valence-electron chi connectivity index (χ2n) is 4.36. The summed E-state index contributed by atoms with van der Waals surface area (Å²) in [4.78, 5) is 15.0. The zero-order chi connectivity index (χ0) is 11.6. The predicted octanol–water partition coefficient (Wildman–Crippen LogP) is 2.25. The van der Waals surface area contributed by atoms with Gasteiger partial charge in [-0.3, -0.25) is 4.79 Å². The van der Waals surface area contributed by atoms with E-state index in [9.17, 15) is 4.79 Å². The fourth-order valence-electron chi connectivity index (χ4n) is 1.76. The van der Waals surface area contributed by atoms with Gasteiger partial charge in [0.05, 0.1) is 6.42 Å². The second-order valence-corrected chi connectivity index (χ2v) is 5.30. The molecule has 1 aliphatic rings. The summed E-state index contributed by atoms with van der Waals surface area (Å²) >= 11 is 1.68. The van der Waals surface area contributed by atoms with Crippen molar-refractivity contribution in [3.8, 4) is 0 Å². The highest BCUT2D eigenvalue weighted by molar-refractivity contribution is 7.99. The van der Waals surface area contributed by atoms with Gasteiger partial charge in [-0.05, 0) is 25.2 Å². The maximum absolute atomic E-state index is 10.7. The fraction of sp³-hybridized carbons (Fsp3) is 0.636. The standard InChI is InChI=1S/C11H16N2O2S/c1-2-13-6-5-12-10(13)16-8-11(3-4-11)7-9(14)15/h5-6H,2-4,7-8H2,1H3,(H,14,15). The lowest BCUT2D eigenvalue weighted by Crippen LogP contribution is -2.11. The number of hydrogen-bond donors (Lipinski definition) is 1. The van der Waals surface area contributed by atoms with Gasteiger partial charge < -0.3 is 9.67 Å². The van der Waals surface area contributed by atoms with Gasteiger partial charge in [0, 0.05) is 24.7 Å². The number of thioether (sulfide) groups is 1.